The van der Waals surface area contributed by atoms with Gasteiger partial charge in [-0.1, -0.05) is 214 Å². The van der Waals surface area contributed by atoms with Crippen molar-refractivity contribution in [1.29, 1.82) is 0 Å². The molecule has 0 N–H and O–H groups in total. The molecule has 0 amide bonds. The van der Waals surface area contributed by atoms with Crippen LogP contribution in [0.1, 0.15) is 25.0 Å². The molecule has 0 spiro atoms. The summed E-state index contributed by atoms with van der Waals surface area (Å²) in [4.78, 5) is 2.37. The predicted molar refractivity (Wildman–Crippen MR) is 300 cm³/mol. The molecule has 1 heterocycles. The zero-order valence-corrected chi connectivity index (χ0v) is 39.8. The van der Waals surface area contributed by atoms with Crippen molar-refractivity contribution in [3.8, 4) is 72.4 Å². The van der Waals surface area contributed by atoms with Gasteiger partial charge in [0.1, 0.15) is 0 Å². The highest BCUT2D eigenvalue weighted by atomic mass is 15.1. The number of hydrogen-bond acceptors (Lipinski definition) is 1. The number of nitrogens with zero attached hydrogens (tertiary/aromatic N) is 2. The molecule has 0 saturated heterocycles. The van der Waals surface area contributed by atoms with Crippen molar-refractivity contribution >= 4 is 38.9 Å². The van der Waals surface area contributed by atoms with Crippen molar-refractivity contribution in [2.24, 2.45) is 0 Å². The number of benzene rings is 11. The molecule has 0 bridgehead atoms. The third-order valence-corrected chi connectivity index (χ3v) is 14.8. The molecule has 0 aliphatic heterocycles. The van der Waals surface area contributed by atoms with Gasteiger partial charge in [-0.05, 0) is 145 Å². The molecule has 11 aromatic carbocycles. The van der Waals surface area contributed by atoms with Crippen LogP contribution in [0.5, 0.6) is 0 Å². The molecule has 71 heavy (non-hydrogen) atoms. The maximum Gasteiger partial charge on any atom is 0.0547 e. The zero-order chi connectivity index (χ0) is 47.5. The van der Waals surface area contributed by atoms with E-state index in [-0.39, 0.29) is 5.41 Å². The minimum Gasteiger partial charge on any atom is -0.310 e. The number of anilines is 3. The van der Waals surface area contributed by atoms with E-state index in [4.69, 9.17) is 0 Å². The Bertz CT molecular complexity index is 3920. The Morgan fingerprint density at radius 1 is 0.296 bits per heavy atom. The Labute approximate surface area is 416 Å². The predicted octanol–water partition coefficient (Wildman–Crippen LogP) is 18.9. The Balaban J connectivity index is 0.876. The molecule has 2 nitrogen and oxygen atoms in total. The van der Waals surface area contributed by atoms with Gasteiger partial charge >= 0.3 is 0 Å². The van der Waals surface area contributed by atoms with Gasteiger partial charge in [0, 0.05) is 38.9 Å². The molecule has 2 heteroatoms. The van der Waals surface area contributed by atoms with Crippen molar-refractivity contribution < 1.29 is 0 Å². The zero-order valence-electron chi connectivity index (χ0n) is 39.8. The summed E-state index contributed by atoms with van der Waals surface area (Å²) in [5, 5.41) is 2.51. The standard InChI is InChI=1S/C69H50N2/c1-69(2)64-27-11-9-24-61(64)62-43-42-59(46-65(62)69)71-66-28-12-10-25-63(66)68-60(26-15-29-67(68)71)55-22-13-20-53(44-55)54-21-14-23-58(45-54)70(56-38-34-51(35-39-56)48-18-7-4-8-19-48)57-40-36-52(37-41-57)50-32-30-49(31-33-50)47-16-5-3-6-17-47/h3-46H,1-2H3. The number of rotatable bonds is 9. The van der Waals surface area contributed by atoms with Crippen LogP contribution in [0.4, 0.5) is 17.1 Å². The third-order valence-electron chi connectivity index (χ3n) is 14.8. The highest BCUT2D eigenvalue weighted by molar-refractivity contribution is 6.16. The Kier molecular flexibility index (Phi) is 10.2. The fourth-order valence-corrected chi connectivity index (χ4v) is 11.2. The molecule has 13 rings (SSSR count). The van der Waals surface area contributed by atoms with Crippen LogP contribution in [-0.4, -0.2) is 4.57 Å². The molecule has 0 atom stereocenters. The number of para-hydroxylation sites is 1. The Morgan fingerprint density at radius 3 is 1.42 bits per heavy atom. The van der Waals surface area contributed by atoms with Gasteiger partial charge in [0.2, 0.25) is 0 Å². The maximum absolute atomic E-state index is 2.47. The average Bonchev–Trinajstić information content (AvgIpc) is 3.90. The van der Waals surface area contributed by atoms with E-state index in [0.29, 0.717) is 0 Å². The lowest BCUT2D eigenvalue weighted by Crippen LogP contribution is -2.15. The monoisotopic (exact) mass is 906 g/mol. The van der Waals surface area contributed by atoms with Crippen LogP contribution in [0.25, 0.3) is 94.3 Å². The summed E-state index contributed by atoms with van der Waals surface area (Å²) in [7, 11) is 0. The molecule has 1 aliphatic rings. The van der Waals surface area contributed by atoms with Crippen molar-refractivity contribution in [1.82, 2.24) is 4.57 Å². The summed E-state index contributed by atoms with van der Waals surface area (Å²) < 4.78 is 2.47. The van der Waals surface area contributed by atoms with Crippen molar-refractivity contribution in [2.75, 3.05) is 4.90 Å². The van der Waals surface area contributed by atoms with Gasteiger partial charge in [-0.3, -0.25) is 0 Å². The van der Waals surface area contributed by atoms with Crippen molar-refractivity contribution in [3.05, 3.63) is 278 Å². The highest BCUT2D eigenvalue weighted by Crippen LogP contribution is 2.50. The van der Waals surface area contributed by atoms with E-state index in [1.807, 2.05) is 0 Å². The minimum absolute atomic E-state index is 0.0885. The molecule has 0 unspecified atom stereocenters. The SMILES string of the molecule is CC1(C)c2ccccc2-c2ccc(-n3c4ccccc4c4c(-c5cccc(-c6cccc(N(c7ccc(-c8ccccc8)cc7)c7ccc(-c8ccc(-c9ccccc9)cc8)cc7)c6)c5)cccc43)cc21. The van der Waals surface area contributed by atoms with E-state index < -0.39 is 0 Å². The van der Waals surface area contributed by atoms with Gasteiger partial charge in [-0.25, -0.2) is 0 Å². The summed E-state index contributed by atoms with van der Waals surface area (Å²) in [6.07, 6.45) is 0. The first-order valence-corrected chi connectivity index (χ1v) is 24.7. The van der Waals surface area contributed by atoms with Crippen LogP contribution in [-0.2, 0) is 5.41 Å². The lowest BCUT2D eigenvalue weighted by molar-refractivity contribution is 0.660. The number of hydrogen-bond donors (Lipinski definition) is 0. The third kappa shape index (κ3) is 7.35. The number of fused-ring (bicyclic) bond motifs is 6. The maximum atomic E-state index is 2.47. The number of aromatic nitrogens is 1. The first-order valence-electron chi connectivity index (χ1n) is 24.7. The van der Waals surface area contributed by atoms with E-state index >= 15 is 0 Å². The molecule has 0 saturated carbocycles. The van der Waals surface area contributed by atoms with Gasteiger partial charge < -0.3 is 9.47 Å². The molecule has 1 aromatic heterocycles. The molecule has 0 fully saturated rings. The van der Waals surface area contributed by atoms with Crippen molar-refractivity contribution in [3.63, 3.8) is 0 Å². The second kappa shape index (κ2) is 17.2. The van der Waals surface area contributed by atoms with E-state index in [9.17, 15) is 0 Å². The normalized spacial score (nSPS) is 12.5. The molecule has 12 aromatic rings. The van der Waals surface area contributed by atoms with E-state index in [1.54, 1.807) is 0 Å². The highest BCUT2D eigenvalue weighted by Gasteiger charge is 2.35. The lowest BCUT2D eigenvalue weighted by Gasteiger charge is -2.26. The van der Waals surface area contributed by atoms with Crippen LogP contribution >= 0.6 is 0 Å². The Morgan fingerprint density at radius 2 is 0.761 bits per heavy atom. The smallest absolute Gasteiger partial charge is 0.0547 e. The van der Waals surface area contributed by atoms with Gasteiger partial charge in [0.15, 0.2) is 0 Å². The van der Waals surface area contributed by atoms with Gasteiger partial charge in [-0.2, -0.15) is 0 Å². The van der Waals surface area contributed by atoms with Crippen LogP contribution in [0.15, 0.2) is 267 Å². The summed E-state index contributed by atoms with van der Waals surface area (Å²) in [6.45, 7) is 4.72. The second-order valence-corrected chi connectivity index (χ2v) is 19.3. The molecular formula is C69H50N2. The van der Waals surface area contributed by atoms with Crippen LogP contribution in [0, 0.1) is 0 Å². The summed E-state index contributed by atoms with van der Waals surface area (Å²) in [6, 6.07) is 97.7. The second-order valence-electron chi connectivity index (χ2n) is 19.3. The molecular weight excluding hydrogens is 857 g/mol. The fraction of sp³-hybridized carbons (Fsp3) is 0.0435. The molecule has 336 valence electrons. The average molecular weight is 907 g/mol. The van der Waals surface area contributed by atoms with Gasteiger partial charge in [-0.15, -0.1) is 0 Å². The quantitative estimate of drug-likeness (QED) is 0.140. The first-order chi connectivity index (χ1) is 35.0. The lowest BCUT2D eigenvalue weighted by atomic mass is 9.82. The largest absolute Gasteiger partial charge is 0.310 e. The first kappa shape index (κ1) is 42.1. The fourth-order valence-electron chi connectivity index (χ4n) is 11.2. The van der Waals surface area contributed by atoms with Crippen LogP contribution in [0.2, 0.25) is 0 Å². The summed E-state index contributed by atoms with van der Waals surface area (Å²) >= 11 is 0. The van der Waals surface area contributed by atoms with E-state index in [1.165, 1.54) is 99.8 Å². The van der Waals surface area contributed by atoms with Crippen LogP contribution in [0.3, 0.4) is 0 Å². The van der Waals surface area contributed by atoms with Crippen LogP contribution < -0.4 is 4.90 Å². The van der Waals surface area contributed by atoms with Crippen molar-refractivity contribution in [2.45, 2.75) is 19.3 Å². The van der Waals surface area contributed by atoms with E-state index in [0.717, 1.165) is 22.6 Å². The molecule has 0 radical (unpaired) electrons. The molecule has 1 aliphatic carbocycles. The summed E-state index contributed by atoms with van der Waals surface area (Å²) in [5.74, 6) is 0. The topological polar surface area (TPSA) is 8.17 Å². The van der Waals surface area contributed by atoms with Gasteiger partial charge in [0.05, 0.1) is 11.0 Å². The van der Waals surface area contributed by atoms with E-state index in [2.05, 4.69) is 290 Å². The Hall–Kier alpha value is -8.98. The summed E-state index contributed by atoms with van der Waals surface area (Å²) in [5.41, 5.74) is 24.1. The minimum atomic E-state index is -0.0885. The van der Waals surface area contributed by atoms with Gasteiger partial charge in [0.25, 0.3) is 0 Å².